The third-order valence-corrected chi connectivity index (χ3v) is 6.07. The molecule has 0 radical (unpaired) electrons. The lowest BCUT2D eigenvalue weighted by molar-refractivity contribution is 0.359. The predicted molar refractivity (Wildman–Crippen MR) is 90.9 cm³/mol. The molecule has 114 valence electrons. The number of nitrogens with one attached hydrogen (secondary N) is 1. The van der Waals surface area contributed by atoms with Gasteiger partial charge in [0.25, 0.3) is 0 Å². The summed E-state index contributed by atoms with van der Waals surface area (Å²) in [6.45, 7) is 5.46. The zero-order chi connectivity index (χ0) is 14.4. The Hall–Kier alpha value is -0.0500. The molecule has 1 aliphatic carbocycles. The molecular weight excluding hydrogens is 286 g/mol. The van der Waals surface area contributed by atoms with E-state index >= 15 is 0 Å². The van der Waals surface area contributed by atoms with Crippen LogP contribution in [0.15, 0.2) is 6.07 Å². The fourth-order valence-electron chi connectivity index (χ4n) is 3.21. The van der Waals surface area contributed by atoms with Gasteiger partial charge in [-0.15, -0.1) is 11.3 Å². The number of thiophene rings is 1. The minimum absolute atomic E-state index is 0.509. The van der Waals surface area contributed by atoms with Crippen LogP contribution in [0.3, 0.4) is 0 Å². The van der Waals surface area contributed by atoms with Gasteiger partial charge in [0.2, 0.25) is 0 Å². The second-order valence-corrected chi connectivity index (χ2v) is 7.89. The maximum absolute atomic E-state index is 6.27. The van der Waals surface area contributed by atoms with E-state index in [1.807, 2.05) is 0 Å². The number of rotatable bonds is 6. The maximum atomic E-state index is 6.27. The molecule has 0 saturated heterocycles. The van der Waals surface area contributed by atoms with Gasteiger partial charge in [0.05, 0.1) is 4.34 Å². The van der Waals surface area contributed by atoms with Gasteiger partial charge in [-0.1, -0.05) is 57.0 Å². The first-order chi connectivity index (χ1) is 9.70. The Morgan fingerprint density at radius 2 is 2.00 bits per heavy atom. The van der Waals surface area contributed by atoms with Gasteiger partial charge in [-0.2, -0.15) is 0 Å². The highest BCUT2D eigenvalue weighted by atomic mass is 35.5. The first kappa shape index (κ1) is 16.3. The van der Waals surface area contributed by atoms with Crippen LogP contribution in [-0.4, -0.2) is 6.54 Å². The summed E-state index contributed by atoms with van der Waals surface area (Å²) in [4.78, 5) is 1.44. The van der Waals surface area contributed by atoms with E-state index in [-0.39, 0.29) is 0 Å². The zero-order valence-electron chi connectivity index (χ0n) is 12.9. The van der Waals surface area contributed by atoms with Crippen LogP contribution in [-0.2, 0) is 0 Å². The smallest absolute Gasteiger partial charge is 0.0960 e. The molecule has 1 atom stereocenters. The summed E-state index contributed by atoms with van der Waals surface area (Å²) < 4.78 is 0.962. The quantitative estimate of drug-likeness (QED) is 0.625. The molecule has 2 rings (SSSR count). The van der Waals surface area contributed by atoms with Crippen LogP contribution in [0.5, 0.6) is 0 Å². The molecule has 0 amide bonds. The summed E-state index contributed by atoms with van der Waals surface area (Å²) in [5, 5.41) is 3.75. The number of hydrogen-bond acceptors (Lipinski definition) is 2. The molecule has 1 N–H and O–H groups in total. The van der Waals surface area contributed by atoms with E-state index in [0.29, 0.717) is 6.04 Å². The Morgan fingerprint density at radius 3 is 2.55 bits per heavy atom. The van der Waals surface area contributed by atoms with Crippen molar-refractivity contribution in [2.75, 3.05) is 6.54 Å². The molecule has 0 aromatic carbocycles. The lowest BCUT2D eigenvalue weighted by Gasteiger charge is -2.23. The Labute approximate surface area is 133 Å². The standard InChI is InChI=1S/C17H28ClNS/c1-3-10-19-15(16-11-13(2)17(18)20-16)12-14-8-6-4-5-7-9-14/h11,14-15,19H,3-10,12H2,1-2H3. The van der Waals surface area contributed by atoms with Crippen LogP contribution in [0.4, 0.5) is 0 Å². The molecular formula is C17H28ClNS. The Morgan fingerprint density at radius 1 is 1.30 bits per heavy atom. The van der Waals surface area contributed by atoms with E-state index in [4.69, 9.17) is 11.6 Å². The Balaban J connectivity index is 2.02. The molecule has 1 aliphatic rings. The first-order valence-electron chi connectivity index (χ1n) is 8.20. The topological polar surface area (TPSA) is 12.0 Å². The molecule has 0 aliphatic heterocycles. The van der Waals surface area contributed by atoms with Crippen LogP contribution in [0.2, 0.25) is 4.34 Å². The van der Waals surface area contributed by atoms with E-state index < -0.39 is 0 Å². The molecule has 1 aromatic rings. The third kappa shape index (κ3) is 4.75. The van der Waals surface area contributed by atoms with Crippen molar-refractivity contribution in [3.8, 4) is 0 Å². The van der Waals surface area contributed by atoms with Gasteiger partial charge >= 0.3 is 0 Å². The molecule has 3 heteroatoms. The summed E-state index contributed by atoms with van der Waals surface area (Å²) in [6, 6.07) is 2.80. The van der Waals surface area contributed by atoms with Crippen molar-refractivity contribution in [2.45, 2.75) is 71.3 Å². The first-order valence-corrected chi connectivity index (χ1v) is 9.39. The van der Waals surface area contributed by atoms with Crippen molar-refractivity contribution >= 4 is 22.9 Å². The summed E-state index contributed by atoms with van der Waals surface area (Å²) in [5.41, 5.74) is 1.23. The fourth-order valence-corrected chi connectivity index (χ4v) is 4.51. The van der Waals surface area contributed by atoms with Crippen molar-refractivity contribution in [3.05, 3.63) is 20.8 Å². The van der Waals surface area contributed by atoms with Crippen LogP contribution in [0.25, 0.3) is 0 Å². The van der Waals surface area contributed by atoms with Gasteiger partial charge in [0.15, 0.2) is 0 Å². The van der Waals surface area contributed by atoms with Gasteiger partial charge in [0, 0.05) is 10.9 Å². The second-order valence-electron chi connectivity index (χ2n) is 6.21. The van der Waals surface area contributed by atoms with Crippen molar-refractivity contribution in [1.82, 2.24) is 5.32 Å². The maximum Gasteiger partial charge on any atom is 0.0960 e. The lowest BCUT2D eigenvalue weighted by atomic mass is 9.92. The summed E-state index contributed by atoms with van der Waals surface area (Å²) in [7, 11) is 0. The van der Waals surface area contributed by atoms with Crippen LogP contribution in [0.1, 0.15) is 74.8 Å². The monoisotopic (exact) mass is 313 g/mol. The van der Waals surface area contributed by atoms with E-state index in [9.17, 15) is 0 Å². The SMILES string of the molecule is CCCNC(CC1CCCCCC1)c1cc(C)c(Cl)s1. The third-order valence-electron chi connectivity index (χ3n) is 4.40. The molecule has 20 heavy (non-hydrogen) atoms. The van der Waals surface area contributed by atoms with E-state index in [1.54, 1.807) is 11.3 Å². The highest BCUT2D eigenvalue weighted by molar-refractivity contribution is 7.16. The van der Waals surface area contributed by atoms with Gasteiger partial charge in [0.1, 0.15) is 0 Å². The van der Waals surface area contributed by atoms with E-state index in [2.05, 4.69) is 25.2 Å². The molecule has 0 bridgehead atoms. The molecule has 0 spiro atoms. The minimum Gasteiger partial charge on any atom is -0.309 e. The zero-order valence-corrected chi connectivity index (χ0v) is 14.5. The number of halogens is 1. The van der Waals surface area contributed by atoms with Crippen LogP contribution < -0.4 is 5.32 Å². The minimum atomic E-state index is 0.509. The lowest BCUT2D eigenvalue weighted by Crippen LogP contribution is -2.23. The van der Waals surface area contributed by atoms with Gasteiger partial charge < -0.3 is 5.32 Å². The van der Waals surface area contributed by atoms with Crippen molar-refractivity contribution in [1.29, 1.82) is 0 Å². The number of aryl methyl sites for hydroxylation is 1. The van der Waals surface area contributed by atoms with Crippen molar-refractivity contribution in [2.24, 2.45) is 5.92 Å². The van der Waals surface area contributed by atoms with E-state index in [0.717, 1.165) is 16.8 Å². The Kier molecular flexibility index (Phi) is 6.86. The number of hydrogen-bond donors (Lipinski definition) is 1. The normalized spacial score (nSPS) is 18.9. The van der Waals surface area contributed by atoms with Crippen molar-refractivity contribution < 1.29 is 0 Å². The molecule has 1 saturated carbocycles. The largest absolute Gasteiger partial charge is 0.309 e. The van der Waals surface area contributed by atoms with Gasteiger partial charge in [-0.25, -0.2) is 0 Å². The fraction of sp³-hybridized carbons (Fsp3) is 0.765. The predicted octanol–water partition coefficient (Wildman–Crippen LogP) is 6.11. The van der Waals surface area contributed by atoms with Crippen LogP contribution in [0, 0.1) is 12.8 Å². The summed E-state index contributed by atoms with van der Waals surface area (Å²) in [5.74, 6) is 0.896. The average molecular weight is 314 g/mol. The highest BCUT2D eigenvalue weighted by Crippen LogP contribution is 2.36. The molecule has 1 nitrogen and oxygen atoms in total. The van der Waals surface area contributed by atoms with Gasteiger partial charge in [-0.05, 0) is 43.9 Å². The molecule has 1 aromatic heterocycles. The molecule has 1 fully saturated rings. The van der Waals surface area contributed by atoms with Crippen molar-refractivity contribution in [3.63, 3.8) is 0 Å². The molecule has 1 unspecified atom stereocenters. The van der Waals surface area contributed by atoms with Gasteiger partial charge in [-0.3, -0.25) is 0 Å². The highest BCUT2D eigenvalue weighted by Gasteiger charge is 2.21. The second kappa shape index (κ2) is 8.41. The average Bonchev–Trinajstić information content (AvgIpc) is 2.66. The molecule has 1 heterocycles. The van der Waals surface area contributed by atoms with E-state index in [1.165, 1.54) is 61.8 Å². The van der Waals surface area contributed by atoms with Crippen LogP contribution >= 0.6 is 22.9 Å². The summed E-state index contributed by atoms with van der Waals surface area (Å²) in [6.07, 6.45) is 11.0. The Bertz CT molecular complexity index is 374. The summed E-state index contributed by atoms with van der Waals surface area (Å²) >= 11 is 8.04.